The van der Waals surface area contributed by atoms with Crippen LogP contribution in [0.1, 0.15) is 39.7 Å². The highest BCUT2D eigenvalue weighted by Gasteiger charge is 2.40. The highest BCUT2D eigenvalue weighted by molar-refractivity contribution is 5.95. The Morgan fingerprint density at radius 2 is 2.03 bits per heavy atom. The standard InChI is InChI=1S/C22H28N4O4/c1-5-15-17(13-27)25(10-11-26(15)21(29)30-22(2,3)4)16-7-6-14(12-23)20-19(16)18(28)8-9-24-20/h6-9,15,17,27H,5,10-11,13H2,1-4H3,(H,24,28). The maximum atomic E-state index is 12.8. The molecule has 1 fully saturated rings. The molecule has 3 rings (SSSR count). The smallest absolute Gasteiger partial charge is 0.410 e. The zero-order chi connectivity index (χ0) is 22.1. The Balaban J connectivity index is 2.04. The van der Waals surface area contributed by atoms with E-state index in [1.54, 1.807) is 17.0 Å². The second kappa shape index (κ2) is 8.36. The van der Waals surface area contributed by atoms with Gasteiger partial charge in [-0.25, -0.2) is 4.79 Å². The lowest BCUT2D eigenvalue weighted by atomic mass is 9.97. The molecule has 0 bridgehead atoms. The highest BCUT2D eigenvalue weighted by atomic mass is 16.6. The van der Waals surface area contributed by atoms with Crippen LogP contribution < -0.4 is 10.3 Å². The molecule has 0 spiro atoms. The molecule has 30 heavy (non-hydrogen) atoms. The van der Waals surface area contributed by atoms with E-state index in [9.17, 15) is 20.0 Å². The van der Waals surface area contributed by atoms with Gasteiger partial charge in [-0.15, -0.1) is 0 Å². The molecule has 1 saturated heterocycles. The van der Waals surface area contributed by atoms with Crippen LogP contribution in [-0.2, 0) is 4.74 Å². The van der Waals surface area contributed by atoms with Crippen LogP contribution in [0.25, 0.3) is 10.9 Å². The topological polar surface area (TPSA) is 110 Å². The molecule has 1 aromatic heterocycles. The molecule has 2 aromatic rings. The summed E-state index contributed by atoms with van der Waals surface area (Å²) < 4.78 is 5.56. The summed E-state index contributed by atoms with van der Waals surface area (Å²) in [6.45, 7) is 8.05. The van der Waals surface area contributed by atoms with Crippen molar-refractivity contribution in [3.63, 3.8) is 0 Å². The summed E-state index contributed by atoms with van der Waals surface area (Å²) in [6.07, 6.45) is 1.73. The minimum atomic E-state index is -0.613. The molecule has 1 aromatic carbocycles. The number of nitrogens with zero attached hydrogens (tertiary/aromatic N) is 3. The van der Waals surface area contributed by atoms with Crippen LogP contribution >= 0.6 is 0 Å². The van der Waals surface area contributed by atoms with Crippen molar-refractivity contribution in [3.8, 4) is 6.07 Å². The molecule has 2 N–H and O–H groups in total. The normalized spacial score (nSPS) is 19.6. The number of fused-ring (bicyclic) bond motifs is 1. The van der Waals surface area contributed by atoms with E-state index in [-0.39, 0.29) is 18.1 Å². The number of anilines is 1. The predicted octanol–water partition coefficient (Wildman–Crippen LogP) is 2.60. The summed E-state index contributed by atoms with van der Waals surface area (Å²) >= 11 is 0. The van der Waals surface area contributed by atoms with E-state index >= 15 is 0 Å². The van der Waals surface area contributed by atoms with E-state index < -0.39 is 17.7 Å². The number of carbonyl (C=O) groups is 1. The number of piperazine rings is 1. The van der Waals surface area contributed by atoms with E-state index in [1.807, 2.05) is 32.6 Å². The molecule has 0 radical (unpaired) electrons. The van der Waals surface area contributed by atoms with E-state index in [4.69, 9.17) is 4.74 Å². The third-order valence-electron chi connectivity index (χ3n) is 5.38. The van der Waals surface area contributed by atoms with Crippen LogP contribution in [0.15, 0.2) is 29.2 Å². The lowest BCUT2D eigenvalue weighted by Gasteiger charge is -2.48. The zero-order valence-corrected chi connectivity index (χ0v) is 17.8. The van der Waals surface area contributed by atoms with Crippen LogP contribution in [0.3, 0.4) is 0 Å². The molecule has 0 saturated carbocycles. The van der Waals surface area contributed by atoms with Gasteiger partial charge in [0.1, 0.15) is 11.7 Å². The molecule has 1 aliphatic rings. The van der Waals surface area contributed by atoms with E-state index in [2.05, 4.69) is 11.1 Å². The quantitative estimate of drug-likeness (QED) is 0.802. The molecule has 1 aliphatic heterocycles. The van der Waals surface area contributed by atoms with Gasteiger partial charge in [0.15, 0.2) is 5.43 Å². The number of aromatic nitrogens is 1. The number of aliphatic hydroxyl groups excluding tert-OH is 1. The van der Waals surface area contributed by atoms with Crippen LogP contribution in [0.4, 0.5) is 10.5 Å². The number of H-pyrrole nitrogens is 1. The summed E-state index contributed by atoms with van der Waals surface area (Å²) in [6, 6.07) is 6.25. The molecule has 8 heteroatoms. The number of nitriles is 1. The molecular weight excluding hydrogens is 384 g/mol. The number of aliphatic hydroxyl groups is 1. The van der Waals surface area contributed by atoms with Crippen molar-refractivity contribution in [1.82, 2.24) is 9.88 Å². The van der Waals surface area contributed by atoms with Crippen molar-refractivity contribution in [2.45, 2.75) is 51.8 Å². The Labute approximate surface area is 175 Å². The first kappa shape index (κ1) is 21.7. The van der Waals surface area contributed by atoms with Gasteiger partial charge in [0, 0.05) is 25.4 Å². The van der Waals surface area contributed by atoms with Crippen LogP contribution in [0, 0.1) is 11.3 Å². The number of ether oxygens (including phenoxy) is 1. The van der Waals surface area contributed by atoms with Gasteiger partial charge < -0.3 is 24.6 Å². The first-order valence-corrected chi connectivity index (χ1v) is 10.1. The average Bonchev–Trinajstić information content (AvgIpc) is 2.70. The molecule has 2 unspecified atom stereocenters. The molecule has 2 heterocycles. The third kappa shape index (κ3) is 3.98. The van der Waals surface area contributed by atoms with Crippen LogP contribution in [-0.4, -0.2) is 58.5 Å². The number of amides is 1. The van der Waals surface area contributed by atoms with Gasteiger partial charge >= 0.3 is 6.09 Å². The molecule has 160 valence electrons. The minimum Gasteiger partial charge on any atom is -0.444 e. The zero-order valence-electron chi connectivity index (χ0n) is 17.8. The van der Waals surface area contributed by atoms with Crippen molar-refractivity contribution in [2.75, 3.05) is 24.6 Å². The van der Waals surface area contributed by atoms with Gasteiger partial charge in [-0.2, -0.15) is 5.26 Å². The lowest BCUT2D eigenvalue weighted by Crippen LogP contribution is -2.63. The van der Waals surface area contributed by atoms with Gasteiger partial charge in [-0.05, 0) is 39.3 Å². The van der Waals surface area contributed by atoms with Crippen molar-refractivity contribution >= 4 is 22.7 Å². The summed E-state index contributed by atoms with van der Waals surface area (Å²) in [5.41, 5.74) is 0.688. The van der Waals surface area contributed by atoms with Crippen molar-refractivity contribution in [3.05, 3.63) is 40.2 Å². The second-order valence-electron chi connectivity index (χ2n) is 8.43. The Morgan fingerprint density at radius 1 is 1.30 bits per heavy atom. The highest BCUT2D eigenvalue weighted by Crippen LogP contribution is 2.32. The maximum absolute atomic E-state index is 12.8. The van der Waals surface area contributed by atoms with Crippen molar-refractivity contribution < 1.29 is 14.6 Å². The number of rotatable bonds is 3. The number of carbonyl (C=O) groups excluding carboxylic acids is 1. The van der Waals surface area contributed by atoms with E-state index in [1.165, 1.54) is 12.3 Å². The Morgan fingerprint density at radius 3 is 2.63 bits per heavy atom. The van der Waals surface area contributed by atoms with Gasteiger partial charge in [0.2, 0.25) is 0 Å². The maximum Gasteiger partial charge on any atom is 0.410 e. The average molecular weight is 412 g/mol. The van der Waals surface area contributed by atoms with Gasteiger partial charge in [-0.3, -0.25) is 4.79 Å². The first-order chi connectivity index (χ1) is 14.2. The monoisotopic (exact) mass is 412 g/mol. The lowest BCUT2D eigenvalue weighted by molar-refractivity contribution is 0.00517. The summed E-state index contributed by atoms with van der Waals surface area (Å²) in [5.74, 6) is 0. The Bertz CT molecular complexity index is 1030. The SMILES string of the molecule is CCC1C(CO)N(c2ccc(C#N)c3[nH]ccc(=O)c23)CCN1C(=O)OC(C)(C)C. The number of aromatic amines is 1. The van der Waals surface area contributed by atoms with Gasteiger partial charge in [-0.1, -0.05) is 6.92 Å². The van der Waals surface area contributed by atoms with Crippen LogP contribution in [0.2, 0.25) is 0 Å². The molecule has 2 atom stereocenters. The van der Waals surface area contributed by atoms with Crippen molar-refractivity contribution in [1.29, 1.82) is 5.26 Å². The third-order valence-corrected chi connectivity index (χ3v) is 5.38. The molecule has 1 amide bonds. The summed E-state index contributed by atoms with van der Waals surface area (Å²) in [7, 11) is 0. The second-order valence-corrected chi connectivity index (χ2v) is 8.43. The largest absolute Gasteiger partial charge is 0.444 e. The molecule has 0 aliphatic carbocycles. The molecular formula is C22H28N4O4. The number of nitrogens with one attached hydrogen (secondary N) is 1. The van der Waals surface area contributed by atoms with Gasteiger partial charge in [0.05, 0.1) is 40.8 Å². The number of hydrogen-bond acceptors (Lipinski definition) is 6. The van der Waals surface area contributed by atoms with E-state index in [0.29, 0.717) is 41.7 Å². The summed E-state index contributed by atoms with van der Waals surface area (Å²) in [5, 5.41) is 20.1. The molecule has 8 nitrogen and oxygen atoms in total. The fourth-order valence-electron chi connectivity index (χ4n) is 4.13. The summed E-state index contributed by atoms with van der Waals surface area (Å²) in [4.78, 5) is 32.1. The number of hydrogen-bond donors (Lipinski definition) is 2. The Kier molecular flexibility index (Phi) is 6.04. The fourth-order valence-corrected chi connectivity index (χ4v) is 4.13. The Hall–Kier alpha value is -3.05. The minimum absolute atomic E-state index is 0.190. The number of benzene rings is 1. The van der Waals surface area contributed by atoms with E-state index in [0.717, 1.165) is 0 Å². The first-order valence-electron chi connectivity index (χ1n) is 10.1. The number of pyridine rings is 1. The van der Waals surface area contributed by atoms with Crippen molar-refractivity contribution in [2.24, 2.45) is 0 Å². The predicted molar refractivity (Wildman–Crippen MR) is 115 cm³/mol. The van der Waals surface area contributed by atoms with Gasteiger partial charge in [0.25, 0.3) is 0 Å². The fraction of sp³-hybridized carbons (Fsp3) is 0.500. The van der Waals surface area contributed by atoms with Crippen LogP contribution in [0.5, 0.6) is 0 Å².